The molecular weight excluding hydrogens is 310 g/mol. The number of hydrogen-bond acceptors (Lipinski definition) is 5. The molecule has 120 valence electrons. The van der Waals surface area contributed by atoms with E-state index < -0.39 is 11.3 Å². The van der Waals surface area contributed by atoms with Crippen molar-refractivity contribution in [3.63, 3.8) is 0 Å². The van der Waals surface area contributed by atoms with Crippen molar-refractivity contribution in [2.75, 3.05) is 0 Å². The number of pyridine rings is 1. The number of aromatic nitrogens is 1. The van der Waals surface area contributed by atoms with E-state index in [-0.39, 0.29) is 17.1 Å². The van der Waals surface area contributed by atoms with Gasteiger partial charge in [-0.2, -0.15) is 0 Å². The molecule has 0 atom stereocenters. The van der Waals surface area contributed by atoms with Crippen molar-refractivity contribution in [3.05, 3.63) is 67.1 Å². The van der Waals surface area contributed by atoms with E-state index in [4.69, 9.17) is 8.83 Å². The van der Waals surface area contributed by atoms with E-state index >= 15 is 0 Å². The Labute approximate surface area is 134 Å². The van der Waals surface area contributed by atoms with Crippen LogP contribution in [0.2, 0.25) is 0 Å². The molecule has 6 heteroatoms. The van der Waals surface area contributed by atoms with Crippen LogP contribution in [0.5, 0.6) is 0 Å². The van der Waals surface area contributed by atoms with Crippen LogP contribution in [0.1, 0.15) is 25.3 Å². The van der Waals surface area contributed by atoms with Crippen molar-refractivity contribution in [1.82, 2.24) is 4.98 Å². The molecule has 0 fully saturated rings. The summed E-state index contributed by atoms with van der Waals surface area (Å²) in [6.07, 6.45) is 0. The van der Waals surface area contributed by atoms with Crippen molar-refractivity contribution in [2.24, 2.45) is 0 Å². The second-order valence-corrected chi connectivity index (χ2v) is 5.99. The van der Waals surface area contributed by atoms with E-state index in [1.54, 1.807) is 18.2 Å². The Kier molecular flexibility index (Phi) is 2.96. The zero-order chi connectivity index (χ0) is 17.0. The summed E-state index contributed by atoms with van der Waals surface area (Å²) in [6, 6.07) is 7.47. The maximum atomic E-state index is 12.5. The van der Waals surface area contributed by atoms with E-state index in [1.165, 1.54) is 12.1 Å². The zero-order valence-corrected chi connectivity index (χ0v) is 13.0. The summed E-state index contributed by atoms with van der Waals surface area (Å²) < 4.78 is 10.6. The minimum atomic E-state index is -0.521. The average Bonchev–Trinajstić information content (AvgIpc) is 2.53. The SMILES string of the molecule is CC(C)c1cc(=O)oc2c1c(=O)[nH]c1ccc3oc(=O)ccc3c12. The van der Waals surface area contributed by atoms with E-state index in [9.17, 15) is 14.4 Å². The number of hydrogen-bond donors (Lipinski definition) is 1. The molecule has 0 saturated carbocycles. The van der Waals surface area contributed by atoms with Crippen LogP contribution in [-0.2, 0) is 0 Å². The highest BCUT2D eigenvalue weighted by Gasteiger charge is 2.17. The van der Waals surface area contributed by atoms with Crippen LogP contribution in [0.25, 0.3) is 32.8 Å². The highest BCUT2D eigenvalue weighted by atomic mass is 16.4. The quantitative estimate of drug-likeness (QED) is 0.429. The van der Waals surface area contributed by atoms with Gasteiger partial charge in [0.2, 0.25) is 0 Å². The van der Waals surface area contributed by atoms with Gasteiger partial charge in [-0.05, 0) is 29.7 Å². The minimum Gasteiger partial charge on any atom is -0.423 e. The van der Waals surface area contributed by atoms with Crippen LogP contribution in [0.15, 0.2) is 53.5 Å². The Morgan fingerprint density at radius 3 is 2.46 bits per heavy atom. The molecule has 0 unspecified atom stereocenters. The van der Waals surface area contributed by atoms with Gasteiger partial charge in [-0.3, -0.25) is 4.79 Å². The summed E-state index contributed by atoms with van der Waals surface area (Å²) in [6.45, 7) is 3.81. The molecule has 0 saturated heterocycles. The van der Waals surface area contributed by atoms with Crippen LogP contribution in [0, 0.1) is 0 Å². The van der Waals surface area contributed by atoms with Crippen molar-refractivity contribution in [1.29, 1.82) is 0 Å². The summed E-state index contributed by atoms with van der Waals surface area (Å²) in [5.74, 6) is -0.0249. The van der Waals surface area contributed by atoms with Gasteiger partial charge in [-0.1, -0.05) is 13.8 Å². The monoisotopic (exact) mass is 323 g/mol. The molecular formula is C18H13NO5. The van der Waals surface area contributed by atoms with Crippen LogP contribution in [0.4, 0.5) is 0 Å². The summed E-state index contributed by atoms with van der Waals surface area (Å²) in [4.78, 5) is 38.8. The summed E-state index contributed by atoms with van der Waals surface area (Å²) in [5, 5.41) is 1.48. The third kappa shape index (κ3) is 2.00. The van der Waals surface area contributed by atoms with E-state index in [0.717, 1.165) is 0 Å². The van der Waals surface area contributed by atoms with Crippen LogP contribution in [-0.4, -0.2) is 4.98 Å². The van der Waals surface area contributed by atoms with E-state index in [1.807, 2.05) is 13.8 Å². The fourth-order valence-electron chi connectivity index (χ4n) is 3.06. The fourth-order valence-corrected chi connectivity index (χ4v) is 3.06. The van der Waals surface area contributed by atoms with Gasteiger partial charge in [0.1, 0.15) is 5.58 Å². The number of fused-ring (bicyclic) bond motifs is 5. The molecule has 0 spiro atoms. The normalized spacial score (nSPS) is 11.8. The van der Waals surface area contributed by atoms with Crippen molar-refractivity contribution in [3.8, 4) is 0 Å². The molecule has 0 aliphatic heterocycles. The second kappa shape index (κ2) is 4.92. The molecule has 0 aliphatic carbocycles. The molecule has 0 radical (unpaired) electrons. The Morgan fingerprint density at radius 1 is 0.917 bits per heavy atom. The van der Waals surface area contributed by atoms with Crippen LogP contribution < -0.4 is 16.8 Å². The number of rotatable bonds is 1. The topological polar surface area (TPSA) is 93.3 Å². The van der Waals surface area contributed by atoms with Gasteiger partial charge in [0.15, 0.2) is 5.58 Å². The number of H-pyrrole nitrogens is 1. The molecule has 1 N–H and O–H groups in total. The number of nitrogens with one attached hydrogen (secondary N) is 1. The Bertz CT molecular complexity index is 1290. The smallest absolute Gasteiger partial charge is 0.336 e. The first-order valence-electron chi connectivity index (χ1n) is 7.52. The van der Waals surface area contributed by atoms with Gasteiger partial charge in [0, 0.05) is 17.5 Å². The predicted molar refractivity (Wildman–Crippen MR) is 90.7 cm³/mol. The molecule has 4 aromatic rings. The first kappa shape index (κ1) is 14.4. The standard InChI is InChI=1S/C18H13NO5/c1-8(2)10-7-14(21)24-17-15-9-3-6-13(20)23-12(9)5-4-11(15)19-18(22)16(10)17/h3-8H,1-2H3,(H,19,22). The van der Waals surface area contributed by atoms with Crippen molar-refractivity contribution < 1.29 is 8.83 Å². The van der Waals surface area contributed by atoms with Gasteiger partial charge in [-0.25, -0.2) is 9.59 Å². The first-order chi connectivity index (χ1) is 11.5. The number of aromatic amines is 1. The third-order valence-electron chi connectivity index (χ3n) is 4.12. The van der Waals surface area contributed by atoms with Crippen LogP contribution >= 0.6 is 0 Å². The third-order valence-corrected chi connectivity index (χ3v) is 4.12. The van der Waals surface area contributed by atoms with Gasteiger partial charge in [-0.15, -0.1) is 0 Å². The lowest BCUT2D eigenvalue weighted by molar-refractivity contribution is 0.557. The molecule has 1 aromatic carbocycles. The summed E-state index contributed by atoms with van der Waals surface area (Å²) in [7, 11) is 0. The molecule has 0 amide bonds. The highest BCUT2D eigenvalue weighted by Crippen LogP contribution is 2.30. The van der Waals surface area contributed by atoms with Crippen molar-refractivity contribution >= 4 is 32.8 Å². The summed E-state index contributed by atoms with van der Waals surface area (Å²) >= 11 is 0. The van der Waals surface area contributed by atoms with Gasteiger partial charge in [0.25, 0.3) is 5.56 Å². The predicted octanol–water partition coefficient (Wildman–Crippen LogP) is 2.86. The van der Waals surface area contributed by atoms with Gasteiger partial charge in [0.05, 0.1) is 16.3 Å². The second-order valence-electron chi connectivity index (χ2n) is 5.99. The molecule has 0 aliphatic rings. The molecule has 3 aromatic heterocycles. The maximum Gasteiger partial charge on any atom is 0.336 e. The molecule has 24 heavy (non-hydrogen) atoms. The number of benzene rings is 1. The highest BCUT2D eigenvalue weighted by molar-refractivity contribution is 6.15. The Morgan fingerprint density at radius 2 is 1.71 bits per heavy atom. The van der Waals surface area contributed by atoms with Gasteiger partial charge >= 0.3 is 11.3 Å². The maximum absolute atomic E-state index is 12.5. The lowest BCUT2D eigenvalue weighted by Crippen LogP contribution is -2.13. The lowest BCUT2D eigenvalue weighted by Gasteiger charge is -2.10. The minimum absolute atomic E-state index is 0.0249. The van der Waals surface area contributed by atoms with Crippen LogP contribution in [0.3, 0.4) is 0 Å². The molecule has 3 heterocycles. The lowest BCUT2D eigenvalue weighted by atomic mass is 9.98. The average molecular weight is 323 g/mol. The van der Waals surface area contributed by atoms with E-state index in [0.29, 0.717) is 32.8 Å². The zero-order valence-electron chi connectivity index (χ0n) is 13.0. The molecule has 6 nitrogen and oxygen atoms in total. The first-order valence-corrected chi connectivity index (χ1v) is 7.52. The Balaban J connectivity index is 2.39. The van der Waals surface area contributed by atoms with Crippen molar-refractivity contribution in [2.45, 2.75) is 19.8 Å². The Hall–Kier alpha value is -3.15. The summed E-state index contributed by atoms with van der Waals surface area (Å²) in [5.41, 5.74) is 0.399. The van der Waals surface area contributed by atoms with Gasteiger partial charge < -0.3 is 13.8 Å². The largest absolute Gasteiger partial charge is 0.423 e. The van der Waals surface area contributed by atoms with E-state index in [2.05, 4.69) is 4.98 Å². The molecule has 4 rings (SSSR count). The fraction of sp³-hybridized carbons (Fsp3) is 0.167. The molecule has 0 bridgehead atoms.